The molecule has 0 unspecified atom stereocenters. The van der Waals surface area contributed by atoms with Gasteiger partial charge in [0.15, 0.2) is 0 Å². The molecule has 0 saturated carbocycles. The van der Waals surface area contributed by atoms with E-state index in [1.54, 1.807) is 31.2 Å². The highest BCUT2D eigenvalue weighted by molar-refractivity contribution is 6.39. The van der Waals surface area contributed by atoms with Crippen molar-refractivity contribution in [1.82, 2.24) is 25.0 Å². The number of nitrogens with one attached hydrogen (secondary N) is 3. The average Bonchev–Trinajstić information content (AvgIpc) is 3.11. The maximum absolute atomic E-state index is 14.0. The molecular weight excluding hydrogens is 722 g/mol. The number of hydrogen-bond acceptors (Lipinski definition) is 7. The van der Waals surface area contributed by atoms with Crippen molar-refractivity contribution in [3.8, 4) is 22.4 Å². The number of hydrogen-bond donors (Lipinski definition) is 4. The van der Waals surface area contributed by atoms with Crippen LogP contribution in [0.1, 0.15) is 54.9 Å². The lowest BCUT2D eigenvalue weighted by atomic mass is 9.97. The second-order valence-corrected chi connectivity index (χ2v) is 12.9. The molecule has 16 heteroatoms. The molecule has 2 heterocycles. The molecule has 2 aromatic heterocycles. The summed E-state index contributed by atoms with van der Waals surface area (Å²) >= 11 is 12.2. The summed E-state index contributed by atoms with van der Waals surface area (Å²) in [5.41, 5.74) is -0.531. The number of aryl methyl sites for hydroxylation is 1. The Hall–Kier alpha value is -4.50. The van der Waals surface area contributed by atoms with Crippen LogP contribution in [0.25, 0.3) is 22.4 Å². The average molecular weight is 763 g/mol. The summed E-state index contributed by atoms with van der Waals surface area (Å²) in [5.74, 6) is -0.617. The van der Waals surface area contributed by atoms with E-state index >= 15 is 0 Å². The van der Waals surface area contributed by atoms with Crippen molar-refractivity contribution in [2.75, 3.05) is 43.9 Å². The fourth-order valence-corrected chi connectivity index (χ4v) is 5.81. The van der Waals surface area contributed by atoms with Crippen molar-refractivity contribution in [3.63, 3.8) is 0 Å². The summed E-state index contributed by atoms with van der Waals surface area (Å²) in [6.45, 7) is 3.79. The van der Waals surface area contributed by atoms with Gasteiger partial charge in [-0.3, -0.25) is 14.6 Å². The molecular formula is C36H40Cl2F3N7O4. The summed E-state index contributed by atoms with van der Waals surface area (Å²) in [6, 6.07) is 10.2. The molecule has 0 saturated heterocycles. The standard InChI is InChI=1S/C36H40Cl2F3N7O4/c1-3-48-34(51)31(44-35(52)45-32-28(37)21-42-22-29(32)38)20-30(46-48)24-11-9-10-23(16-24)25-17-26(19-27(18-25)36(39,40)41)33(50)43-12-7-5-4-6-8-13-47(2)14-15-49/h9-11,16-22,49H,3-8,12-15H2,1-2H3,(H,43,50)(H2,42,44,45,52). The summed E-state index contributed by atoms with van der Waals surface area (Å²) in [5, 5.41) is 21.2. The summed E-state index contributed by atoms with van der Waals surface area (Å²) in [7, 11) is 1.95. The molecule has 4 aromatic rings. The smallest absolute Gasteiger partial charge is 0.395 e. The fourth-order valence-electron chi connectivity index (χ4n) is 5.36. The van der Waals surface area contributed by atoms with Crippen LogP contribution in [0.4, 0.5) is 29.3 Å². The van der Waals surface area contributed by atoms with Gasteiger partial charge in [-0.1, -0.05) is 60.7 Å². The van der Waals surface area contributed by atoms with Crippen LogP contribution in [0.15, 0.2) is 65.7 Å². The predicted molar refractivity (Wildman–Crippen MR) is 197 cm³/mol. The molecule has 0 bridgehead atoms. The molecule has 0 aliphatic rings. The quantitative estimate of drug-likeness (QED) is 0.0864. The number of anilines is 2. The Morgan fingerprint density at radius 3 is 2.29 bits per heavy atom. The van der Waals surface area contributed by atoms with E-state index in [9.17, 15) is 27.6 Å². The Balaban J connectivity index is 1.52. The number of carbonyl (C=O) groups excluding carboxylic acids is 2. The number of aliphatic hydroxyl groups excluding tert-OH is 1. The van der Waals surface area contributed by atoms with E-state index in [-0.39, 0.29) is 51.4 Å². The first-order valence-corrected chi connectivity index (χ1v) is 17.5. The monoisotopic (exact) mass is 761 g/mol. The Morgan fingerprint density at radius 1 is 0.904 bits per heavy atom. The third-order valence-electron chi connectivity index (χ3n) is 8.11. The topological polar surface area (TPSA) is 141 Å². The number of rotatable bonds is 16. The summed E-state index contributed by atoms with van der Waals surface area (Å²) in [4.78, 5) is 44.8. The summed E-state index contributed by atoms with van der Waals surface area (Å²) < 4.78 is 43.2. The molecule has 11 nitrogen and oxygen atoms in total. The molecule has 2 aromatic carbocycles. The first-order valence-electron chi connectivity index (χ1n) is 16.7. The molecule has 0 aliphatic heterocycles. The lowest BCUT2D eigenvalue weighted by Crippen LogP contribution is -2.29. The highest BCUT2D eigenvalue weighted by Gasteiger charge is 2.32. The van der Waals surface area contributed by atoms with Crippen LogP contribution < -0.4 is 21.5 Å². The van der Waals surface area contributed by atoms with Crippen molar-refractivity contribution >= 4 is 46.5 Å². The molecule has 4 rings (SSSR count). The first-order chi connectivity index (χ1) is 24.8. The normalized spacial score (nSPS) is 11.5. The number of carbonyl (C=O) groups is 2. The molecule has 278 valence electrons. The van der Waals surface area contributed by atoms with Crippen molar-refractivity contribution < 1.29 is 27.9 Å². The number of aromatic nitrogens is 3. The van der Waals surface area contributed by atoms with Crippen LogP contribution in [0.5, 0.6) is 0 Å². The number of likely N-dealkylation sites (N-methyl/N-ethyl adjacent to an activating group) is 1. The van der Waals surface area contributed by atoms with Gasteiger partial charge in [0.25, 0.3) is 11.5 Å². The van der Waals surface area contributed by atoms with Gasteiger partial charge in [-0.15, -0.1) is 0 Å². The van der Waals surface area contributed by atoms with E-state index in [1.165, 1.54) is 24.5 Å². The van der Waals surface area contributed by atoms with Gasteiger partial charge in [-0.05, 0) is 74.8 Å². The number of urea groups is 1. The molecule has 0 fully saturated rings. The van der Waals surface area contributed by atoms with Gasteiger partial charge in [0, 0.05) is 43.2 Å². The molecule has 3 amide bonds. The Kier molecular flexibility index (Phi) is 14.6. The zero-order valence-electron chi connectivity index (χ0n) is 28.7. The van der Waals surface area contributed by atoms with E-state index in [4.69, 9.17) is 28.3 Å². The number of benzene rings is 2. The van der Waals surface area contributed by atoms with Gasteiger partial charge in [0.05, 0.1) is 33.6 Å². The van der Waals surface area contributed by atoms with Crippen molar-refractivity contribution in [1.29, 1.82) is 0 Å². The maximum atomic E-state index is 14.0. The number of nitrogens with zero attached hydrogens (tertiary/aromatic N) is 4. The highest BCUT2D eigenvalue weighted by Crippen LogP contribution is 2.35. The van der Waals surface area contributed by atoms with Crippen LogP contribution in [0.2, 0.25) is 10.0 Å². The largest absolute Gasteiger partial charge is 0.416 e. The second kappa shape index (κ2) is 18.8. The molecule has 52 heavy (non-hydrogen) atoms. The molecule has 0 aliphatic carbocycles. The van der Waals surface area contributed by atoms with E-state index < -0.39 is 29.2 Å². The lowest BCUT2D eigenvalue weighted by Gasteiger charge is -2.15. The second-order valence-electron chi connectivity index (χ2n) is 12.0. The summed E-state index contributed by atoms with van der Waals surface area (Å²) in [6.07, 6.45) is 2.36. The van der Waals surface area contributed by atoms with Crippen molar-refractivity contribution in [3.05, 3.63) is 92.5 Å². The minimum atomic E-state index is -4.71. The minimum Gasteiger partial charge on any atom is -0.395 e. The predicted octanol–water partition coefficient (Wildman–Crippen LogP) is 7.57. The highest BCUT2D eigenvalue weighted by atomic mass is 35.5. The SMILES string of the molecule is CCn1nc(-c2cccc(-c3cc(C(=O)NCCCCCCCN(C)CCO)cc(C(F)(F)F)c3)c2)cc(NC(=O)Nc2c(Cl)cncc2Cl)c1=O. The van der Waals surface area contributed by atoms with E-state index in [1.807, 2.05) is 7.05 Å². The van der Waals surface area contributed by atoms with Gasteiger partial charge < -0.3 is 26.0 Å². The van der Waals surface area contributed by atoms with E-state index in [0.29, 0.717) is 30.6 Å². The molecule has 4 N–H and O–H groups in total. The van der Waals surface area contributed by atoms with Crippen molar-refractivity contribution in [2.24, 2.45) is 0 Å². The Morgan fingerprint density at radius 2 is 1.60 bits per heavy atom. The number of pyridine rings is 1. The third-order valence-corrected chi connectivity index (χ3v) is 8.69. The number of amides is 3. The van der Waals surface area contributed by atoms with Crippen LogP contribution in [0.3, 0.4) is 0 Å². The fraction of sp³-hybridized carbons (Fsp3) is 0.361. The van der Waals surface area contributed by atoms with Crippen LogP contribution in [-0.2, 0) is 12.7 Å². The zero-order valence-corrected chi connectivity index (χ0v) is 30.2. The molecule has 0 radical (unpaired) electrons. The van der Waals surface area contributed by atoms with E-state index in [0.717, 1.165) is 49.0 Å². The maximum Gasteiger partial charge on any atom is 0.416 e. The first kappa shape index (κ1) is 40.3. The van der Waals surface area contributed by atoms with Crippen LogP contribution in [0, 0.1) is 0 Å². The molecule has 0 atom stereocenters. The van der Waals surface area contributed by atoms with Gasteiger partial charge in [-0.25, -0.2) is 9.48 Å². The zero-order chi connectivity index (χ0) is 37.8. The number of aliphatic hydroxyl groups is 1. The van der Waals surface area contributed by atoms with Gasteiger partial charge in [-0.2, -0.15) is 18.3 Å². The number of alkyl halides is 3. The molecule has 0 spiro atoms. The van der Waals surface area contributed by atoms with Gasteiger partial charge in [0.1, 0.15) is 5.69 Å². The number of unbranched alkanes of at least 4 members (excludes halogenated alkanes) is 4. The lowest BCUT2D eigenvalue weighted by molar-refractivity contribution is -0.137. The van der Waals surface area contributed by atoms with Crippen LogP contribution in [-0.4, -0.2) is 70.0 Å². The minimum absolute atomic E-state index is 0.0810. The third kappa shape index (κ3) is 11.2. The Labute approximate surface area is 309 Å². The van der Waals surface area contributed by atoms with E-state index in [2.05, 4.69) is 30.9 Å². The van der Waals surface area contributed by atoms with Gasteiger partial charge >= 0.3 is 12.2 Å². The van der Waals surface area contributed by atoms with Crippen LogP contribution >= 0.6 is 23.2 Å². The van der Waals surface area contributed by atoms with Gasteiger partial charge in [0.2, 0.25) is 0 Å². The number of halogens is 5. The Bertz CT molecular complexity index is 1900. The van der Waals surface area contributed by atoms with Crippen molar-refractivity contribution in [2.45, 2.75) is 51.7 Å².